The van der Waals surface area contributed by atoms with Gasteiger partial charge in [-0.05, 0) is 19.9 Å². The minimum atomic E-state index is -1.16. The summed E-state index contributed by atoms with van der Waals surface area (Å²) >= 11 is 0. The molecule has 6 heteroatoms. The Morgan fingerprint density at radius 3 is 2.03 bits per heavy atom. The summed E-state index contributed by atoms with van der Waals surface area (Å²) in [5, 5.41) is 11.0. The van der Waals surface area contributed by atoms with Crippen LogP contribution in [-0.2, 0) is 4.74 Å². The molecule has 0 heterocycles. The monoisotopic (exact) mass is 389 g/mol. The highest BCUT2D eigenvalue weighted by atomic mass is 16.6. The van der Waals surface area contributed by atoms with Gasteiger partial charge in [0.2, 0.25) is 5.78 Å². The van der Waals surface area contributed by atoms with Crippen LogP contribution in [0.15, 0.2) is 72.8 Å². The van der Waals surface area contributed by atoms with Crippen molar-refractivity contribution in [3.63, 3.8) is 0 Å². The first-order chi connectivity index (χ1) is 13.8. The maximum atomic E-state index is 13.1. The molecule has 0 aromatic heterocycles. The van der Waals surface area contributed by atoms with Gasteiger partial charge in [0.25, 0.3) is 5.69 Å². The Hall–Kier alpha value is -3.80. The third kappa shape index (κ3) is 4.73. The lowest BCUT2D eigenvalue weighted by atomic mass is 9.98. The van der Waals surface area contributed by atoms with E-state index in [-0.39, 0.29) is 17.0 Å². The fourth-order valence-electron chi connectivity index (χ4n) is 2.80. The van der Waals surface area contributed by atoms with Crippen molar-refractivity contribution in [3.05, 3.63) is 111 Å². The number of aryl methyl sites for hydroxylation is 2. The van der Waals surface area contributed by atoms with Crippen LogP contribution in [0, 0.1) is 24.0 Å². The summed E-state index contributed by atoms with van der Waals surface area (Å²) in [5.41, 5.74) is 2.72. The number of non-ortho nitro benzene ring substituents is 1. The molecule has 3 aromatic rings. The van der Waals surface area contributed by atoms with E-state index in [1.165, 1.54) is 18.2 Å². The van der Waals surface area contributed by atoms with E-state index in [9.17, 15) is 19.7 Å². The number of rotatable bonds is 6. The van der Waals surface area contributed by atoms with Crippen LogP contribution in [-0.4, -0.2) is 16.7 Å². The Morgan fingerprint density at radius 2 is 1.45 bits per heavy atom. The maximum absolute atomic E-state index is 13.1. The van der Waals surface area contributed by atoms with Crippen LogP contribution in [0.5, 0.6) is 0 Å². The summed E-state index contributed by atoms with van der Waals surface area (Å²) in [4.78, 5) is 36.1. The Morgan fingerprint density at radius 1 is 0.862 bits per heavy atom. The van der Waals surface area contributed by atoms with Gasteiger partial charge in [-0.3, -0.25) is 14.9 Å². The lowest BCUT2D eigenvalue weighted by Gasteiger charge is -2.18. The highest BCUT2D eigenvalue weighted by Crippen LogP contribution is 2.25. The predicted octanol–water partition coefficient (Wildman–Crippen LogP) is 4.99. The van der Waals surface area contributed by atoms with E-state index in [1.54, 1.807) is 24.3 Å². The zero-order valence-corrected chi connectivity index (χ0v) is 16.0. The fourth-order valence-corrected chi connectivity index (χ4v) is 2.80. The number of Topliss-reactive ketones (excluding diaryl/α,β-unsaturated/α-hetero) is 1. The van der Waals surface area contributed by atoms with E-state index in [4.69, 9.17) is 4.74 Å². The Labute approximate surface area is 167 Å². The molecule has 0 saturated heterocycles. The van der Waals surface area contributed by atoms with Crippen LogP contribution in [0.3, 0.4) is 0 Å². The van der Waals surface area contributed by atoms with E-state index >= 15 is 0 Å². The van der Waals surface area contributed by atoms with E-state index in [1.807, 2.05) is 38.1 Å². The molecule has 0 saturated carbocycles. The van der Waals surface area contributed by atoms with Crippen LogP contribution < -0.4 is 0 Å². The average Bonchev–Trinajstić information content (AvgIpc) is 2.73. The molecule has 29 heavy (non-hydrogen) atoms. The van der Waals surface area contributed by atoms with Gasteiger partial charge in [0.15, 0.2) is 6.10 Å². The van der Waals surface area contributed by atoms with E-state index in [0.29, 0.717) is 11.1 Å². The lowest BCUT2D eigenvalue weighted by Crippen LogP contribution is -2.20. The number of nitro groups is 1. The van der Waals surface area contributed by atoms with Crippen LogP contribution >= 0.6 is 0 Å². The molecule has 3 rings (SSSR count). The minimum Gasteiger partial charge on any atom is -0.445 e. The first-order valence-electron chi connectivity index (χ1n) is 8.98. The molecule has 0 bridgehead atoms. The minimum absolute atomic E-state index is 0.00742. The van der Waals surface area contributed by atoms with Crippen molar-refractivity contribution >= 4 is 17.4 Å². The highest BCUT2D eigenvalue weighted by Gasteiger charge is 2.27. The summed E-state index contributed by atoms with van der Waals surface area (Å²) in [6, 6.07) is 19.3. The second kappa shape index (κ2) is 8.48. The molecule has 146 valence electrons. The summed E-state index contributed by atoms with van der Waals surface area (Å²) < 4.78 is 5.53. The van der Waals surface area contributed by atoms with Crippen molar-refractivity contribution in [2.75, 3.05) is 0 Å². The largest absolute Gasteiger partial charge is 0.445 e. The Bertz CT molecular complexity index is 1060. The van der Waals surface area contributed by atoms with E-state index < -0.39 is 17.0 Å². The second-order valence-electron chi connectivity index (χ2n) is 6.73. The number of hydrogen-bond donors (Lipinski definition) is 0. The molecule has 0 spiro atoms. The van der Waals surface area contributed by atoms with Gasteiger partial charge in [0.05, 0.1) is 10.5 Å². The Balaban J connectivity index is 1.94. The third-order valence-electron chi connectivity index (χ3n) is 4.47. The predicted molar refractivity (Wildman–Crippen MR) is 108 cm³/mol. The number of esters is 1. The summed E-state index contributed by atoms with van der Waals surface area (Å²) in [6.07, 6.45) is -1.16. The molecule has 1 atom stereocenters. The highest BCUT2D eigenvalue weighted by molar-refractivity contribution is 6.02. The van der Waals surface area contributed by atoms with Gasteiger partial charge in [-0.2, -0.15) is 0 Å². The van der Waals surface area contributed by atoms with Crippen LogP contribution in [0.25, 0.3) is 0 Å². The molecule has 0 aliphatic rings. The fraction of sp³-hybridized carbons (Fsp3) is 0.130. The maximum Gasteiger partial charge on any atom is 0.339 e. The number of hydrogen-bond acceptors (Lipinski definition) is 5. The first-order valence-corrected chi connectivity index (χ1v) is 8.98. The van der Waals surface area contributed by atoms with Crippen molar-refractivity contribution in [1.82, 2.24) is 0 Å². The van der Waals surface area contributed by atoms with Gasteiger partial charge in [-0.1, -0.05) is 65.7 Å². The molecular formula is C23H19NO5. The van der Waals surface area contributed by atoms with E-state index in [0.717, 1.165) is 17.2 Å². The number of carbonyl (C=O) groups is 2. The molecular weight excluding hydrogens is 370 g/mol. The summed E-state index contributed by atoms with van der Waals surface area (Å²) in [7, 11) is 0. The summed E-state index contributed by atoms with van der Waals surface area (Å²) in [6.45, 7) is 3.82. The van der Waals surface area contributed by atoms with Crippen molar-refractivity contribution in [1.29, 1.82) is 0 Å². The lowest BCUT2D eigenvalue weighted by molar-refractivity contribution is -0.384. The van der Waals surface area contributed by atoms with Gasteiger partial charge in [-0.25, -0.2) is 4.79 Å². The van der Waals surface area contributed by atoms with Crippen LogP contribution in [0.4, 0.5) is 5.69 Å². The average molecular weight is 389 g/mol. The number of carbonyl (C=O) groups excluding carboxylic acids is 2. The first kappa shape index (κ1) is 19.9. The zero-order valence-electron chi connectivity index (χ0n) is 16.0. The second-order valence-corrected chi connectivity index (χ2v) is 6.73. The van der Waals surface area contributed by atoms with Gasteiger partial charge >= 0.3 is 5.97 Å². The van der Waals surface area contributed by atoms with Gasteiger partial charge in [-0.15, -0.1) is 0 Å². The SMILES string of the molecule is Cc1ccc(C(=O)[C@H](OC(=O)c2cccc([N+](=O)[O-])c2)c2ccc(C)cc2)cc1. The smallest absolute Gasteiger partial charge is 0.339 e. The van der Waals surface area contributed by atoms with Gasteiger partial charge < -0.3 is 4.74 Å². The zero-order chi connectivity index (χ0) is 21.0. The van der Waals surface area contributed by atoms with Crippen LogP contribution in [0.2, 0.25) is 0 Å². The molecule has 0 unspecified atom stereocenters. The molecule has 0 N–H and O–H groups in total. The quantitative estimate of drug-likeness (QED) is 0.256. The molecule has 0 fully saturated rings. The number of benzene rings is 3. The molecule has 6 nitrogen and oxygen atoms in total. The molecule has 0 amide bonds. The van der Waals surface area contributed by atoms with Crippen molar-refractivity contribution in [2.45, 2.75) is 20.0 Å². The van der Waals surface area contributed by atoms with Crippen molar-refractivity contribution in [3.8, 4) is 0 Å². The molecule has 0 aliphatic heterocycles. The molecule has 0 radical (unpaired) electrons. The van der Waals surface area contributed by atoms with Crippen molar-refractivity contribution in [2.24, 2.45) is 0 Å². The number of ketones is 1. The van der Waals surface area contributed by atoms with Gasteiger partial charge in [0.1, 0.15) is 0 Å². The number of ether oxygens (including phenoxy) is 1. The molecule has 0 aliphatic carbocycles. The third-order valence-corrected chi connectivity index (χ3v) is 4.47. The number of nitrogens with zero attached hydrogens (tertiary/aromatic N) is 1. The normalized spacial score (nSPS) is 11.5. The van der Waals surface area contributed by atoms with Gasteiger partial charge in [0, 0.05) is 23.3 Å². The topological polar surface area (TPSA) is 86.5 Å². The van der Waals surface area contributed by atoms with E-state index in [2.05, 4.69) is 0 Å². The van der Waals surface area contributed by atoms with Crippen LogP contribution in [0.1, 0.15) is 43.5 Å². The van der Waals surface area contributed by atoms with Crippen molar-refractivity contribution < 1.29 is 19.2 Å². The number of nitro benzene ring substituents is 1. The standard InChI is InChI=1S/C23H19NO5/c1-15-6-10-17(11-7-15)21(25)22(18-12-8-16(2)9-13-18)29-23(26)19-4-3-5-20(14-19)24(27)28/h3-14,22H,1-2H3/t22-/m1/s1. The Kier molecular flexibility index (Phi) is 5.83. The molecule has 3 aromatic carbocycles. The summed E-state index contributed by atoms with van der Waals surface area (Å²) in [5.74, 6) is -1.17.